The van der Waals surface area contributed by atoms with Gasteiger partial charge in [-0.05, 0) is 37.0 Å². The average Bonchev–Trinajstić information content (AvgIpc) is 2.27. The summed E-state index contributed by atoms with van der Waals surface area (Å²) in [7, 11) is -3.36. The van der Waals surface area contributed by atoms with Gasteiger partial charge >= 0.3 is 0 Å². The fourth-order valence-corrected chi connectivity index (χ4v) is 3.46. The lowest BCUT2D eigenvalue weighted by atomic mass is 10.1. The van der Waals surface area contributed by atoms with Crippen molar-refractivity contribution in [2.45, 2.75) is 25.2 Å². The molecule has 3 nitrogen and oxygen atoms in total. The highest BCUT2D eigenvalue weighted by Crippen LogP contribution is 2.11. The molecule has 0 heterocycles. The second-order valence-corrected chi connectivity index (χ2v) is 6.81. The summed E-state index contributed by atoms with van der Waals surface area (Å²) in [4.78, 5) is 0.337. The number of halogens is 1. The maximum absolute atomic E-state index is 12.0. The van der Waals surface area contributed by atoms with Crippen LogP contribution < -0.4 is 4.72 Å². The topological polar surface area (TPSA) is 46.2 Å². The summed E-state index contributed by atoms with van der Waals surface area (Å²) in [6, 6.07) is 6.93. The summed E-state index contributed by atoms with van der Waals surface area (Å²) < 4.78 is 26.6. The van der Waals surface area contributed by atoms with E-state index in [4.69, 9.17) is 0 Å². The number of aryl methyl sites for hydroxylation is 1. The van der Waals surface area contributed by atoms with Gasteiger partial charge in [0.1, 0.15) is 0 Å². The van der Waals surface area contributed by atoms with E-state index in [1.165, 1.54) is 0 Å². The third-order valence-corrected chi connectivity index (χ3v) is 4.40. The molecule has 0 aliphatic rings. The highest BCUT2D eigenvalue weighted by Gasteiger charge is 2.14. The van der Waals surface area contributed by atoms with E-state index in [-0.39, 0.29) is 0 Å². The molecule has 0 aliphatic heterocycles. The Balaban J connectivity index is 2.69. The quantitative estimate of drug-likeness (QED) is 0.819. The Morgan fingerprint density at radius 2 is 2.12 bits per heavy atom. The molecule has 1 aromatic carbocycles. The van der Waals surface area contributed by atoms with E-state index < -0.39 is 10.0 Å². The number of alkyl halides is 1. The van der Waals surface area contributed by atoms with Crippen LogP contribution in [-0.2, 0) is 10.0 Å². The Hall–Kier alpha value is -0.390. The van der Waals surface area contributed by atoms with Crippen LogP contribution >= 0.6 is 15.9 Å². The van der Waals surface area contributed by atoms with Crippen LogP contribution in [0.5, 0.6) is 0 Å². The summed E-state index contributed by atoms with van der Waals surface area (Å²) >= 11 is 3.35. The Morgan fingerprint density at radius 1 is 1.41 bits per heavy atom. The van der Waals surface area contributed by atoms with Crippen molar-refractivity contribution in [2.24, 2.45) is 5.92 Å². The molecule has 1 unspecified atom stereocenters. The van der Waals surface area contributed by atoms with Crippen molar-refractivity contribution in [2.75, 3.05) is 11.9 Å². The fraction of sp³-hybridized carbons (Fsp3) is 0.500. The second kappa shape index (κ2) is 6.52. The highest BCUT2D eigenvalue weighted by molar-refractivity contribution is 9.09. The lowest BCUT2D eigenvalue weighted by Gasteiger charge is -2.11. The van der Waals surface area contributed by atoms with Crippen LogP contribution in [0.4, 0.5) is 0 Å². The third kappa shape index (κ3) is 4.77. The molecule has 0 aromatic heterocycles. The maximum atomic E-state index is 12.0. The Bertz CT molecular complexity index is 459. The minimum atomic E-state index is -3.36. The van der Waals surface area contributed by atoms with Gasteiger partial charge in [-0.2, -0.15) is 0 Å². The zero-order valence-electron chi connectivity index (χ0n) is 10.1. The largest absolute Gasteiger partial charge is 0.240 e. The summed E-state index contributed by atoms with van der Waals surface area (Å²) in [6.07, 6.45) is 0.955. The van der Waals surface area contributed by atoms with E-state index in [1.807, 2.05) is 19.9 Å². The van der Waals surface area contributed by atoms with Gasteiger partial charge in [0.05, 0.1) is 4.90 Å². The van der Waals surface area contributed by atoms with Crippen molar-refractivity contribution < 1.29 is 8.42 Å². The van der Waals surface area contributed by atoms with E-state index in [0.29, 0.717) is 17.4 Å². The van der Waals surface area contributed by atoms with Crippen LogP contribution in [0.15, 0.2) is 29.2 Å². The number of sulfonamides is 1. The van der Waals surface area contributed by atoms with Crippen LogP contribution in [0, 0.1) is 12.8 Å². The van der Waals surface area contributed by atoms with Gasteiger partial charge in [-0.3, -0.25) is 0 Å². The van der Waals surface area contributed by atoms with Gasteiger partial charge in [0.2, 0.25) is 10.0 Å². The molecule has 96 valence electrons. The van der Waals surface area contributed by atoms with Crippen molar-refractivity contribution >= 4 is 26.0 Å². The van der Waals surface area contributed by atoms with Gasteiger partial charge in [0, 0.05) is 11.9 Å². The minimum Gasteiger partial charge on any atom is -0.211 e. The van der Waals surface area contributed by atoms with Gasteiger partial charge in [-0.25, -0.2) is 13.1 Å². The van der Waals surface area contributed by atoms with Crippen molar-refractivity contribution in [1.29, 1.82) is 0 Å². The first-order valence-electron chi connectivity index (χ1n) is 5.58. The molecule has 0 saturated heterocycles. The molecule has 17 heavy (non-hydrogen) atoms. The summed E-state index contributed by atoms with van der Waals surface area (Å²) in [5, 5.41) is 0.889. The van der Waals surface area contributed by atoms with E-state index in [0.717, 1.165) is 17.3 Å². The highest BCUT2D eigenvalue weighted by atomic mass is 79.9. The van der Waals surface area contributed by atoms with Gasteiger partial charge in [0.15, 0.2) is 0 Å². The number of nitrogens with one attached hydrogen (secondary N) is 1. The number of rotatable bonds is 6. The lowest BCUT2D eigenvalue weighted by Crippen LogP contribution is -2.28. The van der Waals surface area contributed by atoms with E-state index in [1.54, 1.807) is 18.2 Å². The summed E-state index contributed by atoms with van der Waals surface area (Å²) in [5.74, 6) is 0.328. The van der Waals surface area contributed by atoms with Crippen molar-refractivity contribution in [3.63, 3.8) is 0 Å². The van der Waals surface area contributed by atoms with Gasteiger partial charge in [-0.1, -0.05) is 35.0 Å². The summed E-state index contributed by atoms with van der Waals surface area (Å²) in [5.41, 5.74) is 0.946. The standard InChI is InChI=1S/C12H18BrNO2S/c1-10-4-3-5-12(8-10)17(15,16)14-9-11(2)6-7-13/h3-5,8,11,14H,6-7,9H2,1-2H3. The van der Waals surface area contributed by atoms with Crippen LogP contribution in [0.3, 0.4) is 0 Å². The van der Waals surface area contributed by atoms with Crippen LogP contribution in [-0.4, -0.2) is 20.3 Å². The molecule has 0 bridgehead atoms. The Morgan fingerprint density at radius 3 is 2.71 bits per heavy atom. The fourth-order valence-electron chi connectivity index (χ4n) is 1.41. The number of hydrogen-bond donors (Lipinski definition) is 1. The molecule has 5 heteroatoms. The molecule has 0 amide bonds. The molecular formula is C12H18BrNO2S. The summed E-state index contributed by atoms with van der Waals surface area (Å²) in [6.45, 7) is 4.38. The molecule has 1 rings (SSSR count). The average molecular weight is 320 g/mol. The number of hydrogen-bond acceptors (Lipinski definition) is 2. The van der Waals surface area contributed by atoms with E-state index in [9.17, 15) is 8.42 Å². The molecule has 0 spiro atoms. The minimum absolute atomic E-state index is 0.328. The van der Waals surface area contributed by atoms with E-state index >= 15 is 0 Å². The molecule has 0 radical (unpaired) electrons. The van der Waals surface area contributed by atoms with E-state index in [2.05, 4.69) is 20.7 Å². The molecule has 0 fully saturated rings. The second-order valence-electron chi connectivity index (χ2n) is 4.25. The smallest absolute Gasteiger partial charge is 0.211 e. The monoisotopic (exact) mass is 319 g/mol. The Kier molecular flexibility index (Phi) is 5.62. The van der Waals surface area contributed by atoms with Crippen molar-refractivity contribution in [3.05, 3.63) is 29.8 Å². The van der Waals surface area contributed by atoms with Crippen molar-refractivity contribution in [3.8, 4) is 0 Å². The van der Waals surface area contributed by atoms with Crippen molar-refractivity contribution in [1.82, 2.24) is 4.72 Å². The first-order chi connectivity index (χ1) is 7.95. The third-order valence-electron chi connectivity index (χ3n) is 2.52. The molecular weight excluding hydrogens is 302 g/mol. The lowest BCUT2D eigenvalue weighted by molar-refractivity contribution is 0.532. The molecule has 1 atom stereocenters. The molecule has 0 aliphatic carbocycles. The maximum Gasteiger partial charge on any atom is 0.240 e. The first kappa shape index (κ1) is 14.7. The first-order valence-corrected chi connectivity index (χ1v) is 8.18. The number of benzene rings is 1. The predicted molar refractivity (Wildman–Crippen MR) is 73.9 cm³/mol. The van der Waals surface area contributed by atoms with Crippen LogP contribution in [0.2, 0.25) is 0 Å². The zero-order chi connectivity index (χ0) is 12.9. The molecule has 1 N–H and O–H groups in total. The normalized spacial score (nSPS) is 13.6. The molecule has 1 aromatic rings. The van der Waals surface area contributed by atoms with Gasteiger partial charge in [0.25, 0.3) is 0 Å². The molecule has 0 saturated carbocycles. The zero-order valence-corrected chi connectivity index (χ0v) is 12.5. The Labute approximate surface area is 112 Å². The van der Waals surface area contributed by atoms with Gasteiger partial charge < -0.3 is 0 Å². The van der Waals surface area contributed by atoms with Gasteiger partial charge in [-0.15, -0.1) is 0 Å². The SMILES string of the molecule is Cc1cccc(S(=O)(=O)NCC(C)CCBr)c1. The predicted octanol–water partition coefficient (Wildman–Crippen LogP) is 2.69. The van der Waals surface area contributed by atoms with Crippen LogP contribution in [0.25, 0.3) is 0 Å². The van der Waals surface area contributed by atoms with Crippen LogP contribution in [0.1, 0.15) is 18.9 Å².